The zero-order valence-corrected chi connectivity index (χ0v) is 17.7. The van der Waals surface area contributed by atoms with Gasteiger partial charge in [0.15, 0.2) is 0 Å². The van der Waals surface area contributed by atoms with Crippen LogP contribution >= 0.6 is 39.3 Å². The lowest BCUT2D eigenvalue weighted by atomic mass is 10.1. The van der Waals surface area contributed by atoms with Crippen LogP contribution in [0.15, 0.2) is 47.4 Å². The molecule has 0 N–H and O–H groups in total. The van der Waals surface area contributed by atoms with Gasteiger partial charge in [-0.3, -0.25) is 4.90 Å². The first-order chi connectivity index (χ1) is 12.0. The monoisotopic (exact) mass is 435 g/mol. The van der Waals surface area contributed by atoms with Gasteiger partial charge in [-0.15, -0.1) is 11.8 Å². The van der Waals surface area contributed by atoms with Crippen molar-refractivity contribution in [2.75, 3.05) is 6.54 Å². The Morgan fingerprint density at radius 2 is 1.92 bits per heavy atom. The highest BCUT2D eigenvalue weighted by Crippen LogP contribution is 2.50. The molecule has 1 aliphatic carbocycles. The molecule has 2 aromatic rings. The van der Waals surface area contributed by atoms with Crippen molar-refractivity contribution in [3.8, 4) is 0 Å². The van der Waals surface area contributed by atoms with Crippen LogP contribution in [0.3, 0.4) is 0 Å². The van der Waals surface area contributed by atoms with Gasteiger partial charge in [-0.05, 0) is 55.0 Å². The lowest BCUT2D eigenvalue weighted by Crippen LogP contribution is -2.40. The number of hydrogen-bond donors (Lipinski definition) is 0. The van der Waals surface area contributed by atoms with Gasteiger partial charge in [0.2, 0.25) is 0 Å². The van der Waals surface area contributed by atoms with Crippen LogP contribution in [0.2, 0.25) is 5.02 Å². The number of likely N-dealkylation sites (tertiary alicyclic amines) is 1. The minimum atomic E-state index is 0.602. The van der Waals surface area contributed by atoms with E-state index in [1.54, 1.807) is 0 Å². The highest BCUT2D eigenvalue weighted by atomic mass is 79.9. The molecular weight excluding hydrogens is 414 g/mol. The van der Waals surface area contributed by atoms with Crippen LogP contribution in [0.4, 0.5) is 0 Å². The average molecular weight is 437 g/mol. The number of halogens is 2. The molecule has 4 atom stereocenters. The summed E-state index contributed by atoms with van der Waals surface area (Å²) < 4.78 is 0. The largest absolute Gasteiger partial charge is 0.294 e. The fraction of sp³-hybridized carbons (Fsp3) is 0.429. The number of benzene rings is 2. The van der Waals surface area contributed by atoms with E-state index in [0.29, 0.717) is 16.1 Å². The Hall–Kier alpha value is -0.480. The second-order valence-electron chi connectivity index (χ2n) is 7.37. The molecule has 4 rings (SSSR count). The van der Waals surface area contributed by atoms with Gasteiger partial charge < -0.3 is 0 Å². The first-order valence-electron chi connectivity index (χ1n) is 8.88. The SMILES string of the molecule is Cc1cc(S[C@H]2C[C@H]3CN(Cc4ccccc4)[C@@H]2[C@@H]3Br)c(C)cc1Cl. The fourth-order valence-electron chi connectivity index (χ4n) is 4.24. The number of nitrogens with zero attached hydrogens (tertiary/aromatic N) is 1. The van der Waals surface area contributed by atoms with Crippen LogP contribution in [0.1, 0.15) is 23.1 Å². The minimum Gasteiger partial charge on any atom is -0.294 e. The average Bonchev–Trinajstić information content (AvgIpc) is 3.04. The maximum Gasteiger partial charge on any atom is 0.0438 e. The molecule has 1 heterocycles. The molecule has 25 heavy (non-hydrogen) atoms. The highest BCUT2D eigenvalue weighted by molar-refractivity contribution is 9.09. The first kappa shape index (κ1) is 17.9. The number of thioether (sulfide) groups is 1. The van der Waals surface area contributed by atoms with Gasteiger partial charge >= 0.3 is 0 Å². The lowest BCUT2D eigenvalue weighted by Gasteiger charge is -2.33. The molecule has 1 nitrogen and oxygen atoms in total. The van der Waals surface area contributed by atoms with E-state index in [1.807, 2.05) is 0 Å². The van der Waals surface area contributed by atoms with E-state index in [4.69, 9.17) is 11.6 Å². The van der Waals surface area contributed by atoms with Gasteiger partial charge in [-0.1, -0.05) is 57.9 Å². The molecule has 2 fully saturated rings. The van der Waals surface area contributed by atoms with Gasteiger partial charge in [-0.25, -0.2) is 0 Å². The summed E-state index contributed by atoms with van der Waals surface area (Å²) in [6.07, 6.45) is 1.30. The van der Waals surface area contributed by atoms with Crippen LogP contribution in [-0.2, 0) is 6.54 Å². The molecule has 0 unspecified atom stereocenters. The molecule has 1 saturated heterocycles. The zero-order chi connectivity index (χ0) is 17.6. The Morgan fingerprint density at radius 1 is 1.16 bits per heavy atom. The van der Waals surface area contributed by atoms with Crippen LogP contribution < -0.4 is 0 Å². The van der Waals surface area contributed by atoms with E-state index >= 15 is 0 Å². The molecule has 1 aliphatic heterocycles. The van der Waals surface area contributed by atoms with Crippen molar-refractivity contribution >= 4 is 39.3 Å². The maximum absolute atomic E-state index is 6.28. The molecule has 132 valence electrons. The summed E-state index contributed by atoms with van der Waals surface area (Å²) in [5.41, 5.74) is 3.88. The molecule has 0 spiro atoms. The summed E-state index contributed by atoms with van der Waals surface area (Å²) in [7, 11) is 0. The summed E-state index contributed by atoms with van der Waals surface area (Å²) in [6.45, 7) is 6.54. The summed E-state index contributed by atoms with van der Waals surface area (Å²) in [6, 6.07) is 15.8. The number of hydrogen-bond acceptors (Lipinski definition) is 2. The third-order valence-corrected chi connectivity index (χ3v) is 8.71. The Balaban J connectivity index is 1.53. The number of rotatable bonds is 4. The fourth-order valence-corrected chi connectivity index (χ4v) is 7.38. The van der Waals surface area contributed by atoms with Gasteiger partial charge in [-0.2, -0.15) is 0 Å². The molecule has 0 aromatic heterocycles. The van der Waals surface area contributed by atoms with Crippen LogP contribution in [0.25, 0.3) is 0 Å². The molecule has 1 saturated carbocycles. The Bertz CT molecular complexity index is 766. The van der Waals surface area contributed by atoms with E-state index in [0.717, 1.165) is 17.5 Å². The van der Waals surface area contributed by atoms with E-state index in [9.17, 15) is 0 Å². The van der Waals surface area contributed by atoms with E-state index in [2.05, 4.69) is 88.9 Å². The van der Waals surface area contributed by atoms with Crippen molar-refractivity contribution in [3.05, 3.63) is 64.2 Å². The van der Waals surface area contributed by atoms with E-state index < -0.39 is 0 Å². The number of piperidine rings is 1. The maximum atomic E-state index is 6.28. The molecule has 2 aromatic carbocycles. The van der Waals surface area contributed by atoms with Crippen molar-refractivity contribution in [1.29, 1.82) is 0 Å². The molecule has 2 aliphatic rings. The summed E-state index contributed by atoms with van der Waals surface area (Å²) in [5.74, 6) is 0.764. The van der Waals surface area contributed by atoms with E-state index in [1.165, 1.54) is 34.6 Å². The predicted molar refractivity (Wildman–Crippen MR) is 112 cm³/mol. The minimum absolute atomic E-state index is 0.602. The zero-order valence-electron chi connectivity index (χ0n) is 14.6. The van der Waals surface area contributed by atoms with Gasteiger partial charge in [0.05, 0.1) is 0 Å². The molecule has 4 heteroatoms. The number of fused-ring (bicyclic) bond motifs is 2. The molecule has 2 bridgehead atoms. The summed E-state index contributed by atoms with van der Waals surface area (Å²) in [5, 5.41) is 1.52. The third kappa shape index (κ3) is 3.53. The number of aryl methyl sites for hydroxylation is 2. The van der Waals surface area contributed by atoms with Crippen molar-refractivity contribution in [2.45, 2.75) is 47.8 Å². The second kappa shape index (κ2) is 7.26. The molecule has 0 radical (unpaired) electrons. The molecule has 0 amide bonds. The Labute approximate surface area is 168 Å². The van der Waals surface area contributed by atoms with E-state index in [-0.39, 0.29) is 0 Å². The standard InChI is InChI=1S/C21H23BrClNS/c1-13-9-18(14(2)8-17(13)23)25-19-10-16-12-24(21(19)20(16)22)11-15-6-4-3-5-7-15/h3-9,16,19-21H,10-12H2,1-2H3/t16-,19-,20+,21-/m0/s1. The lowest BCUT2D eigenvalue weighted by molar-refractivity contribution is 0.211. The quantitative estimate of drug-likeness (QED) is 0.534. The number of alkyl halides is 1. The van der Waals surface area contributed by atoms with Crippen molar-refractivity contribution < 1.29 is 0 Å². The van der Waals surface area contributed by atoms with Crippen molar-refractivity contribution in [2.24, 2.45) is 5.92 Å². The summed E-state index contributed by atoms with van der Waals surface area (Å²) >= 11 is 12.3. The van der Waals surface area contributed by atoms with Crippen molar-refractivity contribution in [3.63, 3.8) is 0 Å². The Morgan fingerprint density at radius 3 is 2.64 bits per heavy atom. The normalized spacial score (nSPS) is 28.6. The third-order valence-electron chi connectivity index (χ3n) is 5.55. The van der Waals surface area contributed by atoms with Crippen LogP contribution in [-0.4, -0.2) is 27.6 Å². The molecular formula is C21H23BrClNS. The first-order valence-corrected chi connectivity index (χ1v) is 11.1. The smallest absolute Gasteiger partial charge is 0.0438 e. The summed E-state index contributed by atoms with van der Waals surface area (Å²) in [4.78, 5) is 4.68. The van der Waals surface area contributed by atoms with Gasteiger partial charge in [0.1, 0.15) is 0 Å². The predicted octanol–water partition coefficient (Wildman–Crippen LogP) is 6.09. The van der Waals surface area contributed by atoms with Gasteiger partial charge in [0.25, 0.3) is 0 Å². The highest BCUT2D eigenvalue weighted by Gasteiger charge is 2.51. The topological polar surface area (TPSA) is 3.24 Å². The van der Waals surface area contributed by atoms with Crippen LogP contribution in [0.5, 0.6) is 0 Å². The van der Waals surface area contributed by atoms with Crippen molar-refractivity contribution in [1.82, 2.24) is 4.90 Å². The van der Waals surface area contributed by atoms with Crippen LogP contribution in [0, 0.1) is 19.8 Å². The second-order valence-corrected chi connectivity index (χ2v) is 10.1. The van der Waals surface area contributed by atoms with Gasteiger partial charge in [0, 0.05) is 39.1 Å². The Kier molecular flexibility index (Phi) is 5.20.